The van der Waals surface area contributed by atoms with E-state index in [-0.39, 0.29) is 17.1 Å². The number of imidazole rings is 1. The Kier molecular flexibility index (Phi) is 6.08. The molecule has 2 aromatic carbocycles. The largest absolute Gasteiger partial charge is 0.494 e. The second-order valence-corrected chi connectivity index (χ2v) is 7.68. The van der Waals surface area contributed by atoms with E-state index in [0.717, 1.165) is 16.9 Å². The molecule has 0 aliphatic rings. The van der Waals surface area contributed by atoms with Crippen molar-refractivity contribution in [2.24, 2.45) is 0 Å². The van der Waals surface area contributed by atoms with Crippen LogP contribution in [0.4, 0.5) is 15.8 Å². The summed E-state index contributed by atoms with van der Waals surface area (Å²) in [6.45, 7) is 3.72. The predicted octanol–water partition coefficient (Wildman–Crippen LogP) is 4.66. The summed E-state index contributed by atoms with van der Waals surface area (Å²) in [5, 5.41) is 3.10. The van der Waals surface area contributed by atoms with E-state index in [4.69, 9.17) is 4.74 Å². The second-order valence-electron chi connectivity index (χ2n) is 7.68. The maximum absolute atomic E-state index is 13.3. The molecule has 0 fully saturated rings. The van der Waals surface area contributed by atoms with E-state index in [1.807, 2.05) is 36.7 Å². The Morgan fingerprint density at radius 1 is 1.12 bits per heavy atom. The number of nitrogens with one attached hydrogen (secondary N) is 1. The number of halogens is 1. The van der Waals surface area contributed by atoms with Crippen LogP contribution in [0.3, 0.4) is 0 Å². The normalized spacial score (nSPS) is 11.8. The quantitative estimate of drug-likeness (QED) is 0.418. The van der Waals surface area contributed by atoms with Crippen LogP contribution in [0.25, 0.3) is 5.69 Å². The monoisotopic (exact) mass is 446 g/mol. The number of methoxy groups -OCH3 is 1. The van der Waals surface area contributed by atoms with Gasteiger partial charge in [0.15, 0.2) is 6.29 Å². The lowest BCUT2D eigenvalue weighted by Crippen LogP contribution is -2.26. The zero-order valence-corrected chi connectivity index (χ0v) is 18.4. The van der Waals surface area contributed by atoms with Crippen molar-refractivity contribution in [2.75, 3.05) is 12.4 Å². The lowest BCUT2D eigenvalue weighted by atomic mass is 10.1. The molecule has 0 saturated carbocycles. The highest BCUT2D eigenvalue weighted by molar-refractivity contribution is 5.77. The number of rotatable bonds is 7. The van der Waals surface area contributed by atoms with Gasteiger partial charge in [0.1, 0.15) is 17.3 Å². The number of carbonyl (C=O) groups is 1. The lowest BCUT2D eigenvalue weighted by Gasteiger charge is -2.18. The third kappa shape index (κ3) is 4.55. The zero-order chi connectivity index (χ0) is 23.5. The van der Waals surface area contributed by atoms with Crippen LogP contribution in [0.5, 0.6) is 5.75 Å². The molecular formula is C25H23FN4O3. The highest BCUT2D eigenvalue weighted by Gasteiger charge is 2.15. The lowest BCUT2D eigenvalue weighted by molar-refractivity contribution is 0.112. The van der Waals surface area contributed by atoms with Crippen molar-refractivity contribution in [3.63, 3.8) is 0 Å². The number of aromatic nitrogens is 3. The minimum absolute atomic E-state index is 0.238. The van der Waals surface area contributed by atoms with Crippen molar-refractivity contribution in [3.8, 4) is 11.4 Å². The molecule has 1 unspecified atom stereocenters. The van der Waals surface area contributed by atoms with Crippen LogP contribution in [0.15, 0.2) is 72.0 Å². The molecule has 33 heavy (non-hydrogen) atoms. The number of hydrogen-bond donors (Lipinski definition) is 1. The first-order chi connectivity index (χ1) is 15.9. The summed E-state index contributed by atoms with van der Waals surface area (Å²) in [6.07, 6.45) is 5.76. The summed E-state index contributed by atoms with van der Waals surface area (Å²) in [6, 6.07) is 12.5. The first-order valence-corrected chi connectivity index (χ1v) is 10.3. The number of pyridine rings is 1. The molecule has 8 heteroatoms. The van der Waals surface area contributed by atoms with Crippen molar-refractivity contribution in [3.05, 3.63) is 100 Å². The van der Waals surface area contributed by atoms with Gasteiger partial charge in [-0.05, 0) is 49.7 Å². The van der Waals surface area contributed by atoms with E-state index in [2.05, 4.69) is 10.3 Å². The van der Waals surface area contributed by atoms with Crippen molar-refractivity contribution in [1.29, 1.82) is 0 Å². The highest BCUT2D eigenvalue weighted by Crippen LogP contribution is 2.28. The smallest absolute Gasteiger partial charge is 0.274 e. The van der Waals surface area contributed by atoms with Gasteiger partial charge in [0.25, 0.3) is 5.56 Å². The van der Waals surface area contributed by atoms with Crippen LogP contribution in [-0.4, -0.2) is 27.5 Å². The Hall–Kier alpha value is -4.20. The second kappa shape index (κ2) is 9.12. The van der Waals surface area contributed by atoms with Gasteiger partial charge in [-0.1, -0.05) is 12.1 Å². The van der Waals surface area contributed by atoms with Crippen LogP contribution in [0, 0.1) is 12.7 Å². The predicted molar refractivity (Wildman–Crippen MR) is 124 cm³/mol. The number of ether oxygens (including phenoxy) is 1. The van der Waals surface area contributed by atoms with Gasteiger partial charge in [-0.3, -0.25) is 9.59 Å². The topological polar surface area (TPSA) is 78.1 Å². The van der Waals surface area contributed by atoms with E-state index < -0.39 is 6.04 Å². The van der Waals surface area contributed by atoms with Gasteiger partial charge in [-0.2, -0.15) is 0 Å². The molecular weight excluding hydrogens is 423 g/mol. The minimum Gasteiger partial charge on any atom is -0.494 e. The van der Waals surface area contributed by atoms with E-state index in [9.17, 15) is 14.0 Å². The van der Waals surface area contributed by atoms with Gasteiger partial charge < -0.3 is 19.2 Å². The molecule has 7 nitrogen and oxygen atoms in total. The molecule has 2 aromatic heterocycles. The molecule has 0 bridgehead atoms. The van der Waals surface area contributed by atoms with E-state index in [0.29, 0.717) is 23.3 Å². The Labute approximate surface area is 190 Å². The molecule has 0 radical (unpaired) electrons. The Bertz CT molecular complexity index is 1360. The molecule has 1 N–H and O–H groups in total. The maximum atomic E-state index is 13.3. The molecule has 0 amide bonds. The number of nitrogens with zero attached hydrogens (tertiary/aromatic N) is 3. The fraction of sp³-hybridized carbons (Fsp3) is 0.160. The van der Waals surface area contributed by atoms with E-state index >= 15 is 0 Å². The summed E-state index contributed by atoms with van der Waals surface area (Å²) in [5.41, 5.74) is 3.30. The Balaban J connectivity index is 1.71. The van der Waals surface area contributed by atoms with Crippen LogP contribution in [0.2, 0.25) is 0 Å². The van der Waals surface area contributed by atoms with Crippen LogP contribution >= 0.6 is 0 Å². The average molecular weight is 446 g/mol. The van der Waals surface area contributed by atoms with Gasteiger partial charge in [-0.15, -0.1) is 0 Å². The third-order valence-electron chi connectivity index (χ3n) is 5.42. The van der Waals surface area contributed by atoms with Gasteiger partial charge >= 0.3 is 0 Å². The van der Waals surface area contributed by atoms with Crippen molar-refractivity contribution < 1.29 is 13.9 Å². The summed E-state index contributed by atoms with van der Waals surface area (Å²) in [7, 11) is 1.57. The van der Waals surface area contributed by atoms with E-state index in [1.54, 1.807) is 31.6 Å². The SMILES string of the molecule is COc1cc(Nc2cc(C=O)cn(C(C)c3ccc(F)cc3)c2=O)ccc1-n1cnc(C)c1. The first kappa shape index (κ1) is 22.0. The Morgan fingerprint density at radius 3 is 2.52 bits per heavy atom. The molecule has 0 aliphatic carbocycles. The van der Waals surface area contributed by atoms with Crippen LogP contribution < -0.4 is 15.6 Å². The molecule has 2 heterocycles. The number of carbonyl (C=O) groups excluding carboxylic acids is 1. The number of aryl methyl sites for hydroxylation is 1. The summed E-state index contributed by atoms with van der Waals surface area (Å²) in [5.74, 6) is 0.231. The standard InChI is InChI=1S/C25H23FN4O3/c1-16-12-29(15-27-16)23-9-8-21(11-24(23)33-3)28-22-10-18(14-31)13-30(25(22)32)17(2)19-4-6-20(26)7-5-19/h4-15,17,28H,1-3H3. The van der Waals surface area contributed by atoms with Crippen molar-refractivity contribution >= 4 is 17.7 Å². The van der Waals surface area contributed by atoms with Crippen LogP contribution in [-0.2, 0) is 0 Å². The number of anilines is 2. The van der Waals surface area contributed by atoms with Gasteiger partial charge in [0.2, 0.25) is 0 Å². The molecule has 0 spiro atoms. The fourth-order valence-electron chi connectivity index (χ4n) is 3.64. The zero-order valence-electron chi connectivity index (χ0n) is 18.4. The fourth-order valence-corrected chi connectivity index (χ4v) is 3.64. The molecule has 168 valence electrons. The molecule has 4 aromatic rings. The minimum atomic E-state index is -0.403. The number of benzene rings is 2. The Morgan fingerprint density at radius 2 is 1.88 bits per heavy atom. The number of aldehydes is 1. The van der Waals surface area contributed by atoms with Crippen LogP contribution in [0.1, 0.15) is 34.6 Å². The van der Waals surface area contributed by atoms with Crippen molar-refractivity contribution in [2.45, 2.75) is 19.9 Å². The van der Waals surface area contributed by atoms with E-state index in [1.165, 1.54) is 29.0 Å². The van der Waals surface area contributed by atoms with Gasteiger partial charge in [-0.25, -0.2) is 9.37 Å². The summed E-state index contributed by atoms with van der Waals surface area (Å²) >= 11 is 0. The van der Waals surface area contributed by atoms with Gasteiger partial charge in [0.05, 0.1) is 30.9 Å². The van der Waals surface area contributed by atoms with Gasteiger partial charge in [0, 0.05) is 29.7 Å². The molecule has 4 rings (SSSR count). The molecule has 1 atom stereocenters. The number of hydrogen-bond acceptors (Lipinski definition) is 5. The first-order valence-electron chi connectivity index (χ1n) is 10.3. The third-order valence-corrected chi connectivity index (χ3v) is 5.42. The molecule has 0 aliphatic heterocycles. The summed E-state index contributed by atoms with van der Waals surface area (Å²) < 4.78 is 22.2. The summed E-state index contributed by atoms with van der Waals surface area (Å²) in [4.78, 5) is 29.0. The van der Waals surface area contributed by atoms with Crippen molar-refractivity contribution in [1.82, 2.24) is 14.1 Å². The highest BCUT2D eigenvalue weighted by atomic mass is 19.1. The molecule has 0 saturated heterocycles. The maximum Gasteiger partial charge on any atom is 0.274 e. The average Bonchev–Trinajstić information content (AvgIpc) is 3.26.